The number of halogens is 1. The van der Waals surface area contributed by atoms with Crippen molar-refractivity contribution < 1.29 is 0 Å². The zero-order valence-corrected chi connectivity index (χ0v) is 11.9. The number of rotatable bonds is 5. The molecule has 2 aromatic rings. The molecule has 0 aliphatic rings. The van der Waals surface area contributed by atoms with Gasteiger partial charge >= 0.3 is 0 Å². The highest BCUT2D eigenvalue weighted by Crippen LogP contribution is 2.25. The lowest BCUT2D eigenvalue weighted by atomic mass is 10.0. The van der Waals surface area contributed by atoms with E-state index in [-0.39, 0.29) is 0 Å². The minimum Gasteiger partial charge on any atom is -0.224 e. The van der Waals surface area contributed by atoms with Gasteiger partial charge in [-0.15, -0.1) is 5.10 Å². The van der Waals surface area contributed by atoms with Crippen LogP contribution < -0.4 is 0 Å². The Morgan fingerprint density at radius 1 is 1.35 bits per heavy atom. The standard InChI is InChI=1S/C11H13BrN4S/c1-16-11(13-14-15-16)17-8-10(7-12)9-5-3-2-4-6-9/h2-6,10H,7-8H2,1H3. The molecule has 0 saturated heterocycles. The summed E-state index contributed by atoms with van der Waals surface area (Å²) in [5, 5.41) is 13.2. The van der Waals surface area contributed by atoms with Crippen LogP contribution in [0.3, 0.4) is 0 Å². The van der Waals surface area contributed by atoms with Crippen molar-refractivity contribution in [2.45, 2.75) is 11.1 Å². The number of tetrazole rings is 1. The largest absolute Gasteiger partial charge is 0.224 e. The van der Waals surface area contributed by atoms with Gasteiger partial charge in [-0.1, -0.05) is 58.0 Å². The second kappa shape index (κ2) is 6.16. The van der Waals surface area contributed by atoms with E-state index in [9.17, 15) is 0 Å². The first kappa shape index (κ1) is 12.6. The first-order valence-electron chi connectivity index (χ1n) is 5.27. The third kappa shape index (κ3) is 3.29. The molecule has 1 aromatic carbocycles. The van der Waals surface area contributed by atoms with Crippen LogP contribution in [-0.2, 0) is 7.05 Å². The molecule has 0 saturated carbocycles. The van der Waals surface area contributed by atoms with E-state index in [1.165, 1.54) is 5.56 Å². The topological polar surface area (TPSA) is 43.6 Å². The Bertz CT molecular complexity index is 460. The van der Waals surface area contributed by atoms with E-state index >= 15 is 0 Å². The Labute approximate surface area is 113 Å². The van der Waals surface area contributed by atoms with Crippen LogP contribution in [0, 0.1) is 0 Å². The molecule has 2 rings (SSSR count). The fourth-order valence-electron chi connectivity index (χ4n) is 1.47. The van der Waals surface area contributed by atoms with Gasteiger partial charge in [0.1, 0.15) is 0 Å². The smallest absolute Gasteiger partial charge is 0.209 e. The molecular formula is C11H13BrN4S. The van der Waals surface area contributed by atoms with Gasteiger partial charge in [0.2, 0.25) is 5.16 Å². The highest BCUT2D eigenvalue weighted by molar-refractivity contribution is 9.09. The van der Waals surface area contributed by atoms with Gasteiger partial charge in [-0.2, -0.15) is 0 Å². The van der Waals surface area contributed by atoms with Crippen LogP contribution in [0.2, 0.25) is 0 Å². The minimum absolute atomic E-state index is 0.470. The van der Waals surface area contributed by atoms with Gasteiger partial charge in [0.05, 0.1) is 0 Å². The monoisotopic (exact) mass is 312 g/mol. The van der Waals surface area contributed by atoms with Crippen LogP contribution in [0.15, 0.2) is 35.5 Å². The zero-order valence-electron chi connectivity index (χ0n) is 9.45. The number of hydrogen-bond donors (Lipinski definition) is 0. The molecule has 0 spiro atoms. The lowest BCUT2D eigenvalue weighted by molar-refractivity contribution is 0.664. The summed E-state index contributed by atoms with van der Waals surface area (Å²) in [7, 11) is 1.86. The predicted octanol–water partition coefficient (Wildman–Crippen LogP) is 2.48. The highest BCUT2D eigenvalue weighted by Gasteiger charge is 2.12. The lowest BCUT2D eigenvalue weighted by Gasteiger charge is -2.13. The number of hydrogen-bond acceptors (Lipinski definition) is 4. The Morgan fingerprint density at radius 3 is 2.71 bits per heavy atom. The third-order valence-corrected chi connectivity index (χ3v) is 4.41. The molecule has 1 unspecified atom stereocenters. The number of thioether (sulfide) groups is 1. The van der Waals surface area contributed by atoms with Gasteiger partial charge in [0.15, 0.2) is 0 Å². The average Bonchev–Trinajstić information content (AvgIpc) is 2.77. The van der Waals surface area contributed by atoms with E-state index < -0.39 is 0 Å². The van der Waals surface area contributed by atoms with Crippen LogP contribution in [0.4, 0.5) is 0 Å². The van der Waals surface area contributed by atoms with Crippen molar-refractivity contribution in [1.82, 2.24) is 20.2 Å². The molecule has 6 heteroatoms. The van der Waals surface area contributed by atoms with Crippen molar-refractivity contribution in [3.8, 4) is 0 Å². The molecule has 1 atom stereocenters. The molecular weight excluding hydrogens is 300 g/mol. The Morgan fingerprint density at radius 2 is 2.12 bits per heavy atom. The van der Waals surface area contributed by atoms with Crippen LogP contribution >= 0.6 is 27.7 Å². The van der Waals surface area contributed by atoms with Crippen LogP contribution in [0.1, 0.15) is 11.5 Å². The minimum atomic E-state index is 0.470. The van der Waals surface area contributed by atoms with Gasteiger partial charge in [-0.05, 0) is 16.0 Å². The molecule has 0 aliphatic carbocycles. The van der Waals surface area contributed by atoms with Crippen molar-refractivity contribution in [3.05, 3.63) is 35.9 Å². The normalized spacial score (nSPS) is 12.6. The zero-order chi connectivity index (χ0) is 12.1. The van der Waals surface area contributed by atoms with Crippen molar-refractivity contribution in [2.75, 3.05) is 11.1 Å². The first-order valence-corrected chi connectivity index (χ1v) is 7.38. The summed E-state index contributed by atoms with van der Waals surface area (Å²) < 4.78 is 1.70. The fourth-order valence-corrected chi connectivity index (χ4v) is 3.36. The number of benzene rings is 1. The first-order chi connectivity index (χ1) is 8.31. The maximum Gasteiger partial charge on any atom is 0.209 e. The van der Waals surface area contributed by atoms with Gasteiger partial charge < -0.3 is 0 Å². The van der Waals surface area contributed by atoms with Gasteiger partial charge in [0, 0.05) is 24.0 Å². The Balaban J connectivity index is 1.99. The van der Waals surface area contributed by atoms with E-state index in [1.807, 2.05) is 13.1 Å². The van der Waals surface area contributed by atoms with E-state index in [1.54, 1.807) is 16.4 Å². The van der Waals surface area contributed by atoms with Gasteiger partial charge in [-0.3, -0.25) is 0 Å². The summed E-state index contributed by atoms with van der Waals surface area (Å²) in [5.74, 6) is 1.43. The molecule has 90 valence electrons. The predicted molar refractivity (Wildman–Crippen MR) is 72.5 cm³/mol. The molecule has 0 fully saturated rings. The molecule has 1 heterocycles. The van der Waals surface area contributed by atoms with Gasteiger partial charge in [0.25, 0.3) is 0 Å². The Hall–Kier alpha value is -0.880. The van der Waals surface area contributed by atoms with Crippen molar-refractivity contribution in [1.29, 1.82) is 0 Å². The lowest BCUT2D eigenvalue weighted by Crippen LogP contribution is -2.04. The van der Waals surface area contributed by atoms with E-state index in [0.717, 1.165) is 16.2 Å². The van der Waals surface area contributed by atoms with Crippen LogP contribution in [-0.4, -0.2) is 31.3 Å². The summed E-state index contributed by atoms with van der Waals surface area (Å²) in [5.41, 5.74) is 1.34. The van der Waals surface area contributed by atoms with E-state index in [2.05, 4.69) is 55.7 Å². The Kier molecular flexibility index (Phi) is 4.56. The van der Waals surface area contributed by atoms with Crippen LogP contribution in [0.25, 0.3) is 0 Å². The number of aromatic nitrogens is 4. The number of nitrogens with zero attached hydrogens (tertiary/aromatic N) is 4. The molecule has 17 heavy (non-hydrogen) atoms. The van der Waals surface area contributed by atoms with E-state index in [0.29, 0.717) is 5.92 Å². The van der Waals surface area contributed by atoms with Crippen molar-refractivity contribution in [3.63, 3.8) is 0 Å². The second-order valence-corrected chi connectivity index (χ2v) is 5.29. The molecule has 0 radical (unpaired) electrons. The average molecular weight is 313 g/mol. The quantitative estimate of drug-likeness (QED) is 0.628. The van der Waals surface area contributed by atoms with Crippen LogP contribution in [0.5, 0.6) is 0 Å². The fraction of sp³-hybridized carbons (Fsp3) is 0.364. The SMILES string of the molecule is Cn1nnnc1SCC(CBr)c1ccccc1. The number of aryl methyl sites for hydroxylation is 1. The highest BCUT2D eigenvalue weighted by atomic mass is 79.9. The van der Waals surface area contributed by atoms with E-state index in [4.69, 9.17) is 0 Å². The summed E-state index contributed by atoms with van der Waals surface area (Å²) in [6, 6.07) is 10.5. The molecule has 0 bridgehead atoms. The molecule has 0 N–H and O–H groups in total. The number of alkyl halides is 1. The summed E-state index contributed by atoms with van der Waals surface area (Å²) in [6.07, 6.45) is 0. The maximum absolute atomic E-state index is 3.97. The third-order valence-electron chi connectivity index (χ3n) is 2.45. The molecule has 0 aliphatic heterocycles. The summed E-state index contributed by atoms with van der Waals surface area (Å²) in [4.78, 5) is 0. The molecule has 0 amide bonds. The molecule has 4 nitrogen and oxygen atoms in total. The summed E-state index contributed by atoms with van der Waals surface area (Å²) in [6.45, 7) is 0. The molecule has 1 aromatic heterocycles. The van der Waals surface area contributed by atoms with Gasteiger partial charge in [-0.25, -0.2) is 4.68 Å². The second-order valence-electron chi connectivity index (χ2n) is 3.66. The maximum atomic E-state index is 3.97. The summed E-state index contributed by atoms with van der Waals surface area (Å²) >= 11 is 5.24. The van der Waals surface area contributed by atoms with Crippen molar-refractivity contribution in [2.24, 2.45) is 7.05 Å². The van der Waals surface area contributed by atoms with Crippen molar-refractivity contribution >= 4 is 27.7 Å².